The average Bonchev–Trinajstić information content (AvgIpc) is 3.11. The molecular weight excluding hydrogens is 440 g/mol. The lowest BCUT2D eigenvalue weighted by atomic mass is 10.0. The summed E-state index contributed by atoms with van der Waals surface area (Å²) in [4.78, 5) is 29.8. The van der Waals surface area contributed by atoms with Crippen molar-refractivity contribution in [3.63, 3.8) is 0 Å². The van der Waals surface area contributed by atoms with Crippen LogP contribution in [0.1, 0.15) is 16.1 Å². The lowest BCUT2D eigenvalue weighted by molar-refractivity contribution is -0.384. The fraction of sp³-hybridized carbons (Fsp3) is 0.120. The number of nitro groups is 1. The third-order valence-electron chi connectivity index (χ3n) is 5.18. The van der Waals surface area contributed by atoms with Gasteiger partial charge in [0.05, 0.1) is 11.3 Å². The fourth-order valence-electron chi connectivity index (χ4n) is 3.75. The van der Waals surface area contributed by atoms with Crippen molar-refractivity contribution in [2.75, 3.05) is 14.1 Å². The number of rotatable bonds is 6. The molecule has 0 saturated carbocycles. The van der Waals surface area contributed by atoms with E-state index in [-0.39, 0.29) is 5.69 Å². The first-order chi connectivity index (χ1) is 15.8. The van der Waals surface area contributed by atoms with E-state index < -0.39 is 10.8 Å². The molecule has 0 unspecified atom stereocenters. The van der Waals surface area contributed by atoms with Gasteiger partial charge in [-0.2, -0.15) is 4.99 Å². The molecule has 166 valence electrons. The zero-order chi connectivity index (χ0) is 23.5. The van der Waals surface area contributed by atoms with Crippen LogP contribution in [0.15, 0.2) is 77.8 Å². The number of benzene rings is 3. The predicted octanol–water partition coefficient (Wildman–Crippen LogP) is 5.65. The Hall–Kier alpha value is -3.97. The Bertz CT molecular complexity index is 1360. The van der Waals surface area contributed by atoms with E-state index in [1.165, 1.54) is 18.5 Å². The third-order valence-corrected chi connectivity index (χ3v) is 5.42. The van der Waals surface area contributed by atoms with Gasteiger partial charge in [-0.1, -0.05) is 54.1 Å². The first-order valence-corrected chi connectivity index (χ1v) is 10.6. The van der Waals surface area contributed by atoms with Crippen LogP contribution in [0, 0.1) is 10.1 Å². The van der Waals surface area contributed by atoms with Crippen LogP contribution in [-0.2, 0) is 6.54 Å². The number of carbonyl (C=O) groups is 1. The molecule has 1 heterocycles. The SMILES string of the molecule is CN(C)C=NC(=O)c1c(-c2ccccc2)c2cc(Cl)ccc2n1Cc1ccc([N+](=O)[O-])cc1. The van der Waals surface area contributed by atoms with Crippen molar-refractivity contribution in [3.05, 3.63) is 99.2 Å². The van der Waals surface area contributed by atoms with Gasteiger partial charge in [0, 0.05) is 54.3 Å². The van der Waals surface area contributed by atoms with Crippen LogP contribution in [0.4, 0.5) is 5.69 Å². The summed E-state index contributed by atoms with van der Waals surface area (Å²) in [6.07, 6.45) is 1.47. The Morgan fingerprint density at radius 3 is 2.42 bits per heavy atom. The molecule has 0 N–H and O–H groups in total. The smallest absolute Gasteiger partial charge is 0.295 e. The van der Waals surface area contributed by atoms with Crippen LogP contribution in [0.5, 0.6) is 0 Å². The Kier molecular flexibility index (Phi) is 6.24. The van der Waals surface area contributed by atoms with E-state index in [0.29, 0.717) is 17.3 Å². The van der Waals surface area contributed by atoms with Crippen molar-refractivity contribution in [1.82, 2.24) is 9.47 Å². The monoisotopic (exact) mass is 460 g/mol. The molecule has 4 rings (SSSR count). The Morgan fingerprint density at radius 2 is 1.79 bits per heavy atom. The predicted molar refractivity (Wildman–Crippen MR) is 131 cm³/mol. The number of carbonyl (C=O) groups excluding carboxylic acids is 1. The summed E-state index contributed by atoms with van der Waals surface area (Å²) in [5.74, 6) is -0.392. The van der Waals surface area contributed by atoms with E-state index in [0.717, 1.165) is 27.6 Å². The number of halogens is 1. The number of hydrogen-bond donors (Lipinski definition) is 0. The second-order valence-electron chi connectivity index (χ2n) is 7.77. The summed E-state index contributed by atoms with van der Waals surface area (Å²) in [6, 6.07) is 21.4. The van der Waals surface area contributed by atoms with Crippen molar-refractivity contribution in [2.24, 2.45) is 4.99 Å². The summed E-state index contributed by atoms with van der Waals surface area (Å²) < 4.78 is 1.89. The Balaban J connectivity index is 1.96. The van der Waals surface area contributed by atoms with Gasteiger partial charge in [-0.15, -0.1) is 0 Å². The zero-order valence-corrected chi connectivity index (χ0v) is 18.9. The molecule has 0 spiro atoms. The molecule has 1 amide bonds. The summed E-state index contributed by atoms with van der Waals surface area (Å²) >= 11 is 6.33. The lowest BCUT2D eigenvalue weighted by Crippen LogP contribution is -2.13. The summed E-state index contributed by atoms with van der Waals surface area (Å²) in [6.45, 7) is 0.335. The molecule has 0 fully saturated rings. The van der Waals surface area contributed by atoms with Gasteiger partial charge in [0.15, 0.2) is 0 Å². The topological polar surface area (TPSA) is 80.7 Å². The molecule has 8 heteroatoms. The molecule has 0 aliphatic rings. The van der Waals surface area contributed by atoms with E-state index >= 15 is 0 Å². The largest absolute Gasteiger partial charge is 0.369 e. The molecule has 33 heavy (non-hydrogen) atoms. The van der Waals surface area contributed by atoms with Gasteiger partial charge in [0.1, 0.15) is 5.69 Å². The summed E-state index contributed by atoms with van der Waals surface area (Å²) in [5.41, 5.74) is 3.69. The van der Waals surface area contributed by atoms with Crippen LogP contribution in [-0.4, -0.2) is 40.7 Å². The number of fused-ring (bicyclic) bond motifs is 1. The minimum Gasteiger partial charge on any atom is -0.369 e. The highest BCUT2D eigenvalue weighted by atomic mass is 35.5. The molecule has 0 radical (unpaired) electrons. The Morgan fingerprint density at radius 1 is 1.09 bits per heavy atom. The van der Waals surface area contributed by atoms with E-state index in [1.54, 1.807) is 37.2 Å². The van der Waals surface area contributed by atoms with Crippen molar-refractivity contribution >= 4 is 40.4 Å². The van der Waals surface area contributed by atoms with Crippen LogP contribution < -0.4 is 0 Å². The van der Waals surface area contributed by atoms with Crippen molar-refractivity contribution in [3.8, 4) is 11.1 Å². The molecule has 3 aromatic carbocycles. The van der Waals surface area contributed by atoms with E-state index in [9.17, 15) is 14.9 Å². The maximum Gasteiger partial charge on any atom is 0.295 e. The molecule has 0 aliphatic heterocycles. The normalized spacial score (nSPS) is 11.2. The maximum absolute atomic E-state index is 13.4. The highest BCUT2D eigenvalue weighted by Gasteiger charge is 2.24. The van der Waals surface area contributed by atoms with Crippen LogP contribution in [0.2, 0.25) is 5.02 Å². The second kappa shape index (κ2) is 9.26. The average molecular weight is 461 g/mol. The zero-order valence-electron chi connectivity index (χ0n) is 18.1. The number of nitro benzene ring substituents is 1. The number of aromatic nitrogens is 1. The maximum atomic E-state index is 13.4. The number of non-ortho nitro benzene ring substituents is 1. The Labute approximate surface area is 195 Å². The van der Waals surface area contributed by atoms with Gasteiger partial charge in [-0.25, -0.2) is 0 Å². The van der Waals surface area contributed by atoms with Crippen molar-refractivity contribution < 1.29 is 9.72 Å². The van der Waals surface area contributed by atoms with Crippen LogP contribution >= 0.6 is 11.6 Å². The van der Waals surface area contributed by atoms with E-state index in [4.69, 9.17) is 11.6 Å². The number of nitrogens with zero attached hydrogens (tertiary/aromatic N) is 4. The van der Waals surface area contributed by atoms with E-state index in [1.807, 2.05) is 47.0 Å². The highest BCUT2D eigenvalue weighted by molar-refractivity contribution is 6.31. The number of amides is 1. The summed E-state index contributed by atoms with van der Waals surface area (Å²) in [7, 11) is 3.59. The molecular formula is C25H21ClN4O3. The summed E-state index contributed by atoms with van der Waals surface area (Å²) in [5, 5.41) is 12.4. The van der Waals surface area contributed by atoms with E-state index in [2.05, 4.69) is 4.99 Å². The van der Waals surface area contributed by atoms with Gasteiger partial charge in [-0.05, 0) is 29.3 Å². The number of aliphatic imine (C=N–C) groups is 1. The number of hydrogen-bond acceptors (Lipinski definition) is 3. The minimum atomic E-state index is -0.435. The standard InChI is InChI=1S/C25H21ClN4O3/c1-28(2)16-27-25(31)24-23(18-6-4-3-5-7-18)21-14-19(26)10-13-22(21)29(24)15-17-8-11-20(12-9-17)30(32)33/h3-14,16H,15H2,1-2H3. The molecule has 7 nitrogen and oxygen atoms in total. The van der Waals surface area contributed by atoms with Gasteiger partial charge >= 0.3 is 0 Å². The fourth-order valence-corrected chi connectivity index (χ4v) is 3.92. The molecule has 0 saturated heterocycles. The molecule has 1 aromatic heterocycles. The molecule has 4 aromatic rings. The van der Waals surface area contributed by atoms with Crippen molar-refractivity contribution in [2.45, 2.75) is 6.54 Å². The van der Waals surface area contributed by atoms with Gasteiger partial charge < -0.3 is 9.47 Å². The van der Waals surface area contributed by atoms with Gasteiger partial charge in [0.25, 0.3) is 11.6 Å². The first-order valence-electron chi connectivity index (χ1n) is 10.2. The minimum absolute atomic E-state index is 0.0137. The molecule has 0 aliphatic carbocycles. The first kappa shape index (κ1) is 22.2. The van der Waals surface area contributed by atoms with Gasteiger partial charge in [0.2, 0.25) is 0 Å². The lowest BCUT2D eigenvalue weighted by Gasteiger charge is -2.11. The quantitative estimate of drug-likeness (QED) is 0.161. The molecule has 0 bridgehead atoms. The van der Waals surface area contributed by atoms with Gasteiger partial charge in [-0.3, -0.25) is 14.9 Å². The molecule has 0 atom stereocenters. The van der Waals surface area contributed by atoms with Crippen molar-refractivity contribution in [1.29, 1.82) is 0 Å². The highest BCUT2D eigenvalue weighted by Crippen LogP contribution is 2.37. The van der Waals surface area contributed by atoms with Crippen LogP contribution in [0.25, 0.3) is 22.0 Å². The van der Waals surface area contributed by atoms with Crippen LogP contribution in [0.3, 0.4) is 0 Å². The second-order valence-corrected chi connectivity index (χ2v) is 8.21. The third kappa shape index (κ3) is 4.63.